The Kier molecular flexibility index (Phi) is 6.52. The molecule has 5 fully saturated rings. The number of aromatic nitrogens is 2. The molecule has 6 nitrogen and oxygen atoms in total. The van der Waals surface area contributed by atoms with Crippen LogP contribution < -0.4 is 0 Å². The Labute approximate surface area is 221 Å². The highest BCUT2D eigenvalue weighted by Crippen LogP contribution is 2.48. The third kappa shape index (κ3) is 4.52. The van der Waals surface area contributed by atoms with Crippen LogP contribution in [0.3, 0.4) is 0 Å². The van der Waals surface area contributed by atoms with Crippen LogP contribution in [0.15, 0.2) is 24.3 Å². The molecule has 37 heavy (non-hydrogen) atoms. The maximum Gasteiger partial charge on any atom is 0.317 e. The number of rotatable bonds is 5. The molecule has 4 heterocycles. The Balaban J connectivity index is 1.20. The zero-order valence-electron chi connectivity index (χ0n) is 22.3. The third-order valence-electron chi connectivity index (χ3n) is 10.8. The van der Waals surface area contributed by atoms with Gasteiger partial charge in [0.05, 0.1) is 23.6 Å². The fraction of sp³-hybridized carbons (Fsp3) is 0.742. The van der Waals surface area contributed by atoms with Gasteiger partial charge in [0.25, 0.3) is 0 Å². The van der Waals surface area contributed by atoms with Crippen LogP contribution in [0.2, 0.25) is 0 Å². The highest BCUT2D eigenvalue weighted by Gasteiger charge is 2.46. The van der Waals surface area contributed by atoms with Gasteiger partial charge in [-0.3, -0.25) is 14.6 Å². The Morgan fingerprint density at radius 3 is 2.27 bits per heavy atom. The number of likely N-dealkylation sites (tertiary alicyclic amines) is 1. The summed E-state index contributed by atoms with van der Waals surface area (Å²) in [4.78, 5) is 22.0. The fourth-order valence-corrected chi connectivity index (χ4v) is 9.47. The fourth-order valence-electron chi connectivity index (χ4n) is 9.47. The number of para-hydroxylation sites is 2. The van der Waals surface area contributed by atoms with E-state index < -0.39 is 5.97 Å². The molecule has 2 aromatic rings. The first-order valence-corrected chi connectivity index (χ1v) is 15.3. The van der Waals surface area contributed by atoms with Gasteiger partial charge in [0, 0.05) is 24.2 Å². The second-order valence-electron chi connectivity index (χ2n) is 13.0. The molecule has 200 valence electrons. The average molecular weight is 505 g/mol. The van der Waals surface area contributed by atoms with Gasteiger partial charge in [-0.15, -0.1) is 0 Å². The summed E-state index contributed by atoms with van der Waals surface area (Å²) < 4.78 is 2.59. The molecule has 3 unspecified atom stereocenters. The lowest BCUT2D eigenvalue weighted by atomic mass is 9.73. The lowest BCUT2D eigenvalue weighted by molar-refractivity contribution is -0.138. The number of aliphatic carboxylic acids is 1. The van der Waals surface area contributed by atoms with Crippen molar-refractivity contribution in [2.75, 3.05) is 13.1 Å². The molecule has 2 aliphatic carbocycles. The van der Waals surface area contributed by atoms with E-state index in [0.29, 0.717) is 18.1 Å². The highest BCUT2D eigenvalue weighted by atomic mass is 16.4. The first kappa shape index (κ1) is 24.1. The third-order valence-corrected chi connectivity index (χ3v) is 10.8. The molecule has 4 bridgehead atoms. The minimum atomic E-state index is -0.731. The molecule has 7 rings (SSSR count). The Hall–Kier alpha value is -1.92. The quantitative estimate of drug-likeness (QED) is 0.527. The Bertz CT molecular complexity index is 1100. The predicted molar refractivity (Wildman–Crippen MR) is 146 cm³/mol. The average Bonchev–Trinajstić information content (AvgIpc) is 3.45. The molecule has 0 radical (unpaired) electrons. The molecule has 0 spiro atoms. The van der Waals surface area contributed by atoms with E-state index in [9.17, 15) is 9.90 Å². The number of carboxylic acids is 1. The van der Waals surface area contributed by atoms with Crippen LogP contribution >= 0.6 is 0 Å². The molecular formula is C31H44N4O2. The number of fused-ring (bicyclic) bond motifs is 5. The molecule has 3 aliphatic heterocycles. The maximum atomic E-state index is 11.6. The van der Waals surface area contributed by atoms with Crippen LogP contribution in [0.25, 0.3) is 11.0 Å². The maximum absolute atomic E-state index is 11.6. The van der Waals surface area contributed by atoms with Gasteiger partial charge in [-0.1, -0.05) is 44.2 Å². The number of imidazole rings is 1. The molecular weight excluding hydrogens is 460 g/mol. The van der Waals surface area contributed by atoms with Crippen LogP contribution in [-0.4, -0.2) is 61.6 Å². The van der Waals surface area contributed by atoms with Crippen molar-refractivity contribution in [2.45, 2.75) is 120 Å². The number of hydrogen-bond donors (Lipinski definition) is 1. The zero-order valence-corrected chi connectivity index (χ0v) is 22.3. The molecule has 2 saturated carbocycles. The molecule has 6 heteroatoms. The second kappa shape index (κ2) is 10.00. The van der Waals surface area contributed by atoms with E-state index in [1.165, 1.54) is 82.6 Å². The van der Waals surface area contributed by atoms with Gasteiger partial charge in [-0.05, 0) is 88.3 Å². The van der Waals surface area contributed by atoms with E-state index >= 15 is 0 Å². The lowest BCUT2D eigenvalue weighted by Gasteiger charge is -2.55. The summed E-state index contributed by atoms with van der Waals surface area (Å²) in [7, 11) is 0. The van der Waals surface area contributed by atoms with Crippen molar-refractivity contribution in [2.24, 2.45) is 11.8 Å². The van der Waals surface area contributed by atoms with Crippen LogP contribution in [0.1, 0.15) is 108 Å². The summed E-state index contributed by atoms with van der Waals surface area (Å²) in [5.74, 6) is 2.33. The lowest BCUT2D eigenvalue weighted by Crippen LogP contribution is -2.58. The summed E-state index contributed by atoms with van der Waals surface area (Å²) in [6.07, 6.45) is 18.8. The minimum Gasteiger partial charge on any atom is -0.480 e. The van der Waals surface area contributed by atoms with Crippen LogP contribution in [0.5, 0.6) is 0 Å². The van der Waals surface area contributed by atoms with E-state index in [4.69, 9.17) is 4.98 Å². The van der Waals surface area contributed by atoms with E-state index in [0.717, 1.165) is 48.6 Å². The number of carbonyl (C=O) groups is 1. The van der Waals surface area contributed by atoms with Gasteiger partial charge in [0.1, 0.15) is 5.82 Å². The smallest absolute Gasteiger partial charge is 0.317 e. The molecule has 5 aliphatic rings. The van der Waals surface area contributed by atoms with Gasteiger partial charge in [-0.25, -0.2) is 4.98 Å². The van der Waals surface area contributed by atoms with Crippen molar-refractivity contribution in [1.82, 2.24) is 19.4 Å². The van der Waals surface area contributed by atoms with Crippen LogP contribution in [0.4, 0.5) is 0 Å². The Morgan fingerprint density at radius 2 is 1.54 bits per heavy atom. The molecule has 1 aromatic heterocycles. The molecule has 7 atom stereocenters. The van der Waals surface area contributed by atoms with Crippen molar-refractivity contribution in [3.8, 4) is 0 Å². The van der Waals surface area contributed by atoms with Crippen molar-refractivity contribution in [3.63, 3.8) is 0 Å². The number of hydrogen-bond acceptors (Lipinski definition) is 4. The van der Waals surface area contributed by atoms with E-state index in [-0.39, 0.29) is 12.6 Å². The first-order chi connectivity index (χ1) is 18.1. The minimum absolute atomic E-state index is 0.113. The number of benzene rings is 1. The number of nitrogens with zero attached hydrogens (tertiary/aromatic N) is 4. The normalized spacial score (nSPS) is 37.0. The number of carboxylic acid groups (broad SMARTS) is 1. The van der Waals surface area contributed by atoms with Crippen molar-refractivity contribution in [3.05, 3.63) is 30.1 Å². The zero-order chi connectivity index (χ0) is 24.9. The standard InChI is InChI=1S/C31H44N4O2/c36-30(37)20-33-14-6-13-29(33)31-32-27-11-3-4-12-28(27)35(31)26-18-23-9-5-10-24(19-26)34(23)25-16-21-7-1-2-8-22(15-21)17-25/h3-4,11-12,21-26,29H,1-2,5-10,13-20H2,(H,36,37)/t21-,22+,23-,24+,25?,26?,29?. The van der Waals surface area contributed by atoms with Crippen molar-refractivity contribution >= 4 is 17.0 Å². The molecule has 1 aromatic carbocycles. The summed E-state index contributed by atoms with van der Waals surface area (Å²) in [5, 5.41) is 9.56. The summed E-state index contributed by atoms with van der Waals surface area (Å²) in [5.41, 5.74) is 2.32. The summed E-state index contributed by atoms with van der Waals surface area (Å²) >= 11 is 0. The summed E-state index contributed by atoms with van der Waals surface area (Å²) in [6, 6.07) is 11.4. The SMILES string of the molecule is O=C(O)CN1CCCC1c1nc2ccccc2n1C1C[C@H]2CCC[C@@H](C1)N2C1C[C@H]2CCCC[C@@H](C1)C2. The van der Waals surface area contributed by atoms with Gasteiger partial charge in [0.15, 0.2) is 0 Å². The molecule has 3 saturated heterocycles. The Morgan fingerprint density at radius 1 is 0.811 bits per heavy atom. The topological polar surface area (TPSA) is 61.6 Å². The number of piperidine rings is 2. The predicted octanol–water partition coefficient (Wildman–Crippen LogP) is 6.17. The molecule has 1 N–H and O–H groups in total. The van der Waals surface area contributed by atoms with Gasteiger partial charge in [0.2, 0.25) is 0 Å². The van der Waals surface area contributed by atoms with E-state index in [2.05, 4.69) is 38.6 Å². The van der Waals surface area contributed by atoms with Crippen LogP contribution in [-0.2, 0) is 4.79 Å². The first-order valence-electron chi connectivity index (χ1n) is 15.3. The van der Waals surface area contributed by atoms with E-state index in [1.54, 1.807) is 0 Å². The monoisotopic (exact) mass is 504 g/mol. The van der Waals surface area contributed by atoms with E-state index in [1.807, 2.05) is 0 Å². The largest absolute Gasteiger partial charge is 0.480 e. The summed E-state index contributed by atoms with van der Waals surface area (Å²) in [6.45, 7) is 0.968. The van der Waals surface area contributed by atoms with Crippen molar-refractivity contribution < 1.29 is 9.90 Å². The van der Waals surface area contributed by atoms with Crippen molar-refractivity contribution in [1.29, 1.82) is 0 Å². The highest BCUT2D eigenvalue weighted by molar-refractivity contribution is 5.76. The van der Waals surface area contributed by atoms with Gasteiger partial charge < -0.3 is 9.67 Å². The molecule has 0 amide bonds. The van der Waals surface area contributed by atoms with Gasteiger partial charge in [-0.2, -0.15) is 0 Å². The second-order valence-corrected chi connectivity index (χ2v) is 13.0. The van der Waals surface area contributed by atoms with Gasteiger partial charge >= 0.3 is 5.97 Å². The van der Waals surface area contributed by atoms with Crippen LogP contribution in [0, 0.1) is 11.8 Å².